The van der Waals surface area contributed by atoms with E-state index in [1.807, 2.05) is 26.0 Å². The third-order valence-corrected chi connectivity index (χ3v) is 6.62. The number of pyridine rings is 1. The summed E-state index contributed by atoms with van der Waals surface area (Å²) in [5, 5.41) is 4.08. The van der Waals surface area contributed by atoms with Gasteiger partial charge < -0.3 is 14.6 Å². The zero-order valence-electron chi connectivity index (χ0n) is 18.2. The highest BCUT2D eigenvalue weighted by Crippen LogP contribution is 2.29. The molecular formula is C23H22N6O3S. The molecule has 0 bridgehead atoms. The smallest absolute Gasteiger partial charge is 0.274 e. The van der Waals surface area contributed by atoms with Crippen molar-refractivity contribution in [1.82, 2.24) is 24.8 Å². The van der Waals surface area contributed by atoms with Gasteiger partial charge in [0, 0.05) is 37.8 Å². The number of fused-ring (bicyclic) bond motifs is 1. The van der Waals surface area contributed by atoms with E-state index in [9.17, 15) is 9.59 Å². The summed E-state index contributed by atoms with van der Waals surface area (Å²) in [6.45, 7) is 4.89. The van der Waals surface area contributed by atoms with E-state index in [1.54, 1.807) is 23.4 Å². The van der Waals surface area contributed by atoms with E-state index >= 15 is 0 Å². The number of thiazole rings is 1. The zero-order chi connectivity index (χ0) is 22.9. The average Bonchev–Trinajstić information content (AvgIpc) is 3.44. The van der Waals surface area contributed by atoms with E-state index < -0.39 is 0 Å². The predicted molar refractivity (Wildman–Crippen MR) is 123 cm³/mol. The topological polar surface area (TPSA) is 114 Å². The second-order valence-corrected chi connectivity index (χ2v) is 9.35. The molecule has 1 fully saturated rings. The Morgan fingerprint density at radius 2 is 2.12 bits per heavy atom. The fourth-order valence-corrected chi connectivity index (χ4v) is 4.70. The van der Waals surface area contributed by atoms with Crippen molar-refractivity contribution >= 4 is 39.3 Å². The lowest BCUT2D eigenvalue weighted by molar-refractivity contribution is 0.0466. The van der Waals surface area contributed by atoms with Crippen LogP contribution in [0.3, 0.4) is 0 Å². The van der Waals surface area contributed by atoms with Gasteiger partial charge in [-0.25, -0.2) is 9.97 Å². The van der Waals surface area contributed by atoms with Crippen molar-refractivity contribution in [3.63, 3.8) is 0 Å². The number of carbonyl (C=O) groups excluding carboxylic acids is 2. The fourth-order valence-electron chi connectivity index (χ4n) is 3.86. The minimum atomic E-state index is -0.171. The van der Waals surface area contributed by atoms with E-state index in [0.29, 0.717) is 47.1 Å². The Kier molecular flexibility index (Phi) is 5.59. The van der Waals surface area contributed by atoms with Crippen LogP contribution in [-0.2, 0) is 0 Å². The highest BCUT2D eigenvalue weighted by Gasteiger charge is 2.35. The van der Waals surface area contributed by atoms with Crippen molar-refractivity contribution in [3.8, 4) is 0 Å². The number of likely N-dealkylation sites (tertiary alicyclic amines) is 1. The molecule has 0 radical (unpaired) electrons. The fraction of sp³-hybridized carbons (Fsp3) is 0.304. The van der Waals surface area contributed by atoms with Gasteiger partial charge in [0.15, 0.2) is 17.1 Å². The molecule has 1 aliphatic heterocycles. The number of carbonyl (C=O) groups is 2. The van der Waals surface area contributed by atoms with Crippen molar-refractivity contribution < 1.29 is 14.0 Å². The minimum absolute atomic E-state index is 0.0271. The lowest BCUT2D eigenvalue weighted by Gasteiger charge is -2.38. The quantitative estimate of drug-likeness (QED) is 0.411. The van der Waals surface area contributed by atoms with Gasteiger partial charge in [0.1, 0.15) is 11.0 Å². The first kappa shape index (κ1) is 21.2. The molecule has 1 atom stereocenters. The van der Waals surface area contributed by atoms with Crippen molar-refractivity contribution in [1.29, 1.82) is 0 Å². The second-order valence-electron chi connectivity index (χ2n) is 8.15. The molecule has 4 aromatic heterocycles. The van der Waals surface area contributed by atoms with Crippen LogP contribution >= 0.6 is 11.3 Å². The maximum atomic E-state index is 13.3. The minimum Gasteiger partial charge on any atom is -0.472 e. The summed E-state index contributed by atoms with van der Waals surface area (Å²) < 4.78 is 5.66. The summed E-state index contributed by atoms with van der Waals surface area (Å²) in [5.41, 5.74) is 2.39. The van der Waals surface area contributed by atoms with Gasteiger partial charge in [-0.3, -0.25) is 14.6 Å². The van der Waals surface area contributed by atoms with Gasteiger partial charge in [-0.2, -0.15) is 4.98 Å². The van der Waals surface area contributed by atoms with E-state index in [2.05, 4.69) is 25.3 Å². The van der Waals surface area contributed by atoms with Crippen LogP contribution in [0.5, 0.6) is 0 Å². The molecule has 10 heteroatoms. The Bertz CT molecular complexity index is 1300. The van der Waals surface area contributed by atoms with Crippen LogP contribution in [0.25, 0.3) is 10.3 Å². The molecule has 9 nitrogen and oxygen atoms in total. The predicted octanol–water partition coefficient (Wildman–Crippen LogP) is 3.90. The Balaban J connectivity index is 1.33. The number of anilines is 1. The Morgan fingerprint density at radius 3 is 2.85 bits per heavy atom. The van der Waals surface area contributed by atoms with Gasteiger partial charge in [0.25, 0.3) is 5.91 Å². The van der Waals surface area contributed by atoms with Gasteiger partial charge in [0.05, 0.1) is 22.9 Å². The number of Topliss-reactive ketones (excluding diaryl/α,β-unsaturated/α-hetero) is 1. The summed E-state index contributed by atoms with van der Waals surface area (Å²) in [7, 11) is 0. The van der Waals surface area contributed by atoms with Crippen LogP contribution in [-0.4, -0.2) is 49.6 Å². The van der Waals surface area contributed by atoms with E-state index in [0.717, 1.165) is 10.6 Å². The number of nitrogens with zero attached hydrogens (tertiary/aromatic N) is 5. The number of nitrogens with one attached hydrogen (secondary N) is 1. The molecule has 168 valence electrons. The largest absolute Gasteiger partial charge is 0.472 e. The third kappa shape index (κ3) is 4.34. The molecule has 4 aromatic rings. The Morgan fingerprint density at radius 1 is 1.27 bits per heavy atom. The standard InChI is InChI=1S/C23H22N6O3S/c1-13(16-4-3-6-24-9-16)25-23-27-19(20-21(28-23)26-14(2)33-20)22(31)29-10-15(11-29)8-18(30)17-5-7-32-12-17/h3-7,9,12-13,15H,8,10-11H2,1-2H3,(H,25,27,28)/t13-/m0/s1. The number of hydrogen-bond donors (Lipinski definition) is 1. The molecular weight excluding hydrogens is 440 g/mol. The van der Waals surface area contributed by atoms with E-state index in [-0.39, 0.29) is 23.7 Å². The number of ketones is 1. The van der Waals surface area contributed by atoms with Crippen molar-refractivity contribution in [2.75, 3.05) is 18.4 Å². The van der Waals surface area contributed by atoms with Gasteiger partial charge in [-0.1, -0.05) is 6.07 Å². The maximum Gasteiger partial charge on any atom is 0.274 e. The highest BCUT2D eigenvalue weighted by atomic mass is 32.1. The first-order valence-corrected chi connectivity index (χ1v) is 11.5. The summed E-state index contributed by atoms with van der Waals surface area (Å²) in [6.07, 6.45) is 6.82. The zero-order valence-corrected chi connectivity index (χ0v) is 19.0. The van der Waals surface area contributed by atoms with Crippen LogP contribution in [0.2, 0.25) is 0 Å². The van der Waals surface area contributed by atoms with E-state index in [1.165, 1.54) is 23.9 Å². The number of aryl methyl sites for hydroxylation is 1. The molecule has 1 N–H and O–H groups in total. The van der Waals surface area contributed by atoms with Crippen LogP contribution in [0.1, 0.15) is 50.8 Å². The van der Waals surface area contributed by atoms with Crippen LogP contribution in [0, 0.1) is 12.8 Å². The van der Waals surface area contributed by atoms with Gasteiger partial charge in [0.2, 0.25) is 5.95 Å². The summed E-state index contributed by atoms with van der Waals surface area (Å²) >= 11 is 1.41. The van der Waals surface area contributed by atoms with E-state index in [4.69, 9.17) is 4.42 Å². The molecule has 5 heterocycles. The number of rotatable bonds is 7. The first-order chi connectivity index (χ1) is 16.0. The van der Waals surface area contributed by atoms with Crippen molar-refractivity contribution in [2.24, 2.45) is 5.92 Å². The number of furan rings is 1. The molecule has 0 aromatic carbocycles. The first-order valence-electron chi connectivity index (χ1n) is 10.6. The summed E-state index contributed by atoms with van der Waals surface area (Å²) in [5.74, 6) is 0.328. The molecule has 0 unspecified atom stereocenters. The third-order valence-electron chi connectivity index (χ3n) is 5.65. The average molecular weight is 463 g/mol. The summed E-state index contributed by atoms with van der Waals surface area (Å²) in [6, 6.07) is 5.40. The molecule has 0 aliphatic carbocycles. The lowest BCUT2D eigenvalue weighted by Crippen LogP contribution is -2.50. The Labute approximate surface area is 193 Å². The van der Waals surface area contributed by atoms with Gasteiger partial charge >= 0.3 is 0 Å². The molecule has 5 rings (SSSR count). The number of amides is 1. The molecule has 1 amide bonds. The second kappa shape index (κ2) is 8.70. The molecule has 0 spiro atoms. The molecule has 1 saturated heterocycles. The van der Waals surface area contributed by atoms with Gasteiger partial charge in [-0.05, 0) is 31.5 Å². The molecule has 0 saturated carbocycles. The maximum absolute atomic E-state index is 13.3. The highest BCUT2D eigenvalue weighted by molar-refractivity contribution is 7.18. The van der Waals surface area contributed by atoms with Crippen LogP contribution in [0.15, 0.2) is 47.5 Å². The number of aromatic nitrogens is 4. The number of hydrogen-bond acceptors (Lipinski definition) is 9. The van der Waals surface area contributed by atoms with Gasteiger partial charge in [-0.15, -0.1) is 11.3 Å². The molecule has 33 heavy (non-hydrogen) atoms. The van der Waals surface area contributed by atoms with Crippen molar-refractivity contribution in [2.45, 2.75) is 26.3 Å². The normalized spacial score (nSPS) is 14.8. The van der Waals surface area contributed by atoms with Crippen LogP contribution < -0.4 is 5.32 Å². The monoisotopic (exact) mass is 462 g/mol. The Hall–Kier alpha value is -3.66. The summed E-state index contributed by atoms with van der Waals surface area (Å²) in [4.78, 5) is 45.0. The van der Waals surface area contributed by atoms with Crippen LogP contribution in [0.4, 0.5) is 5.95 Å². The lowest BCUT2D eigenvalue weighted by atomic mass is 9.92. The molecule has 1 aliphatic rings. The SMILES string of the molecule is Cc1nc2nc(N[C@@H](C)c3cccnc3)nc(C(=O)N3CC(CC(=O)c4ccoc4)C3)c2s1. The van der Waals surface area contributed by atoms with Crippen molar-refractivity contribution in [3.05, 3.63) is 64.9 Å².